The second-order valence-electron chi connectivity index (χ2n) is 5.12. The Morgan fingerprint density at radius 3 is 2.47 bits per heavy atom. The number of piperidine rings is 1. The Labute approximate surface area is 103 Å². The van der Waals surface area contributed by atoms with Crippen LogP contribution >= 0.6 is 0 Å². The molecule has 0 aromatic heterocycles. The lowest BCUT2D eigenvalue weighted by Gasteiger charge is -2.30. The van der Waals surface area contributed by atoms with Gasteiger partial charge in [-0.2, -0.15) is 0 Å². The third kappa shape index (κ3) is 4.00. The van der Waals surface area contributed by atoms with E-state index < -0.39 is 0 Å². The molecule has 1 aliphatic rings. The van der Waals surface area contributed by atoms with Gasteiger partial charge in [0.2, 0.25) is 11.8 Å². The fourth-order valence-electron chi connectivity index (χ4n) is 1.98. The van der Waals surface area contributed by atoms with Gasteiger partial charge in [0, 0.05) is 21.1 Å². The molecule has 2 unspecified atom stereocenters. The fourth-order valence-corrected chi connectivity index (χ4v) is 1.98. The first-order valence-corrected chi connectivity index (χ1v) is 6.10. The van der Waals surface area contributed by atoms with Crippen molar-refractivity contribution in [1.82, 2.24) is 15.1 Å². The molecular weight excluding hydrogens is 218 g/mol. The van der Waals surface area contributed by atoms with Gasteiger partial charge in [-0.25, -0.2) is 0 Å². The number of rotatable bonds is 3. The minimum atomic E-state index is -0.126. The number of amides is 2. The molecule has 1 aliphatic heterocycles. The zero-order valence-electron chi connectivity index (χ0n) is 11.2. The van der Waals surface area contributed by atoms with E-state index in [9.17, 15) is 9.59 Å². The summed E-state index contributed by atoms with van der Waals surface area (Å²) >= 11 is 0. The molecule has 2 atom stereocenters. The predicted octanol–water partition coefficient (Wildman–Crippen LogP) is -0.0789. The summed E-state index contributed by atoms with van der Waals surface area (Å²) in [6.45, 7) is 3.19. The Morgan fingerprint density at radius 2 is 1.94 bits per heavy atom. The quantitative estimate of drug-likeness (QED) is 0.752. The summed E-state index contributed by atoms with van der Waals surface area (Å²) < 4.78 is 0. The van der Waals surface area contributed by atoms with Crippen LogP contribution in [0.1, 0.15) is 19.8 Å². The number of likely N-dealkylation sites (N-methyl/N-ethyl adjacent to an activating group) is 2. The maximum Gasteiger partial charge on any atom is 0.241 e. The molecule has 0 spiro atoms. The number of carbonyl (C=O) groups is 2. The van der Waals surface area contributed by atoms with Crippen molar-refractivity contribution in [3.05, 3.63) is 0 Å². The van der Waals surface area contributed by atoms with Gasteiger partial charge in [-0.05, 0) is 25.3 Å². The highest BCUT2D eigenvalue weighted by molar-refractivity contribution is 5.87. The third-order valence-corrected chi connectivity index (χ3v) is 3.21. The largest absolute Gasteiger partial charge is 0.347 e. The Hall–Kier alpha value is -1.10. The van der Waals surface area contributed by atoms with Crippen LogP contribution in [0.3, 0.4) is 0 Å². The topological polar surface area (TPSA) is 52.7 Å². The molecule has 1 rings (SSSR count). The van der Waals surface area contributed by atoms with Crippen LogP contribution in [0.4, 0.5) is 0 Å². The zero-order chi connectivity index (χ0) is 13.0. The van der Waals surface area contributed by atoms with Gasteiger partial charge >= 0.3 is 0 Å². The lowest BCUT2D eigenvalue weighted by atomic mass is 9.93. The van der Waals surface area contributed by atoms with Crippen molar-refractivity contribution < 1.29 is 9.59 Å². The molecule has 1 N–H and O–H groups in total. The summed E-state index contributed by atoms with van der Waals surface area (Å²) in [5.74, 6) is 0.541. The Bertz CT molecular complexity index is 291. The lowest BCUT2D eigenvalue weighted by Crippen LogP contribution is -2.50. The highest BCUT2D eigenvalue weighted by atomic mass is 16.2. The molecule has 0 bridgehead atoms. The Kier molecular flexibility index (Phi) is 4.93. The summed E-state index contributed by atoms with van der Waals surface area (Å²) in [6.07, 6.45) is 1.98. The summed E-state index contributed by atoms with van der Waals surface area (Å²) in [5, 5.41) is 3.22. The van der Waals surface area contributed by atoms with Crippen LogP contribution in [-0.4, -0.2) is 61.9 Å². The standard InChI is InChI=1S/C12H23N3O2/c1-9-5-6-13-10(7-9)12(17)15(4)8-11(16)14(2)3/h9-10,13H,5-8H2,1-4H3. The highest BCUT2D eigenvalue weighted by Crippen LogP contribution is 2.16. The van der Waals surface area contributed by atoms with Crippen molar-refractivity contribution in [3.8, 4) is 0 Å². The SMILES string of the molecule is CC1CCNC(C(=O)N(C)CC(=O)N(C)C)C1. The fraction of sp³-hybridized carbons (Fsp3) is 0.833. The van der Waals surface area contributed by atoms with Gasteiger partial charge in [-0.15, -0.1) is 0 Å². The first-order chi connectivity index (χ1) is 7.91. The summed E-state index contributed by atoms with van der Waals surface area (Å²) in [6, 6.07) is -0.126. The molecule has 17 heavy (non-hydrogen) atoms. The van der Waals surface area contributed by atoms with Crippen LogP contribution in [-0.2, 0) is 9.59 Å². The van der Waals surface area contributed by atoms with Crippen molar-refractivity contribution in [2.24, 2.45) is 5.92 Å². The van der Waals surface area contributed by atoms with E-state index in [-0.39, 0.29) is 24.4 Å². The zero-order valence-corrected chi connectivity index (χ0v) is 11.2. The van der Waals surface area contributed by atoms with Gasteiger partial charge in [-0.3, -0.25) is 9.59 Å². The van der Waals surface area contributed by atoms with Gasteiger partial charge in [-0.1, -0.05) is 6.92 Å². The van der Waals surface area contributed by atoms with E-state index in [1.165, 1.54) is 9.80 Å². The summed E-state index contributed by atoms with van der Waals surface area (Å²) in [4.78, 5) is 26.6. The summed E-state index contributed by atoms with van der Waals surface area (Å²) in [5.41, 5.74) is 0. The molecule has 5 nitrogen and oxygen atoms in total. The molecule has 0 aromatic rings. The maximum atomic E-state index is 12.1. The molecule has 1 fully saturated rings. The van der Waals surface area contributed by atoms with Gasteiger partial charge in [0.05, 0.1) is 12.6 Å². The van der Waals surface area contributed by atoms with E-state index in [2.05, 4.69) is 12.2 Å². The first-order valence-electron chi connectivity index (χ1n) is 6.10. The molecular formula is C12H23N3O2. The lowest BCUT2D eigenvalue weighted by molar-refractivity contribution is -0.139. The van der Waals surface area contributed by atoms with Gasteiger partial charge < -0.3 is 15.1 Å². The number of hydrogen-bond acceptors (Lipinski definition) is 3. The Morgan fingerprint density at radius 1 is 1.29 bits per heavy atom. The van der Waals surface area contributed by atoms with E-state index in [4.69, 9.17) is 0 Å². The molecule has 98 valence electrons. The molecule has 0 aromatic carbocycles. The second-order valence-corrected chi connectivity index (χ2v) is 5.12. The average molecular weight is 241 g/mol. The molecule has 0 radical (unpaired) electrons. The predicted molar refractivity (Wildman–Crippen MR) is 66.5 cm³/mol. The van der Waals surface area contributed by atoms with E-state index in [0.717, 1.165) is 19.4 Å². The van der Waals surface area contributed by atoms with E-state index in [1.54, 1.807) is 21.1 Å². The number of nitrogens with zero attached hydrogens (tertiary/aromatic N) is 2. The van der Waals surface area contributed by atoms with E-state index >= 15 is 0 Å². The highest BCUT2D eigenvalue weighted by Gasteiger charge is 2.27. The monoisotopic (exact) mass is 241 g/mol. The van der Waals surface area contributed by atoms with Crippen LogP contribution in [0.15, 0.2) is 0 Å². The van der Waals surface area contributed by atoms with E-state index in [0.29, 0.717) is 5.92 Å². The molecule has 0 aliphatic carbocycles. The normalized spacial score (nSPS) is 24.2. The van der Waals surface area contributed by atoms with Gasteiger partial charge in [0.1, 0.15) is 0 Å². The summed E-state index contributed by atoms with van der Waals surface area (Å²) in [7, 11) is 5.08. The molecule has 0 saturated carbocycles. The van der Waals surface area contributed by atoms with Crippen LogP contribution in [0.2, 0.25) is 0 Å². The van der Waals surface area contributed by atoms with Crippen molar-refractivity contribution in [2.45, 2.75) is 25.8 Å². The average Bonchev–Trinajstić information content (AvgIpc) is 2.27. The van der Waals surface area contributed by atoms with Crippen LogP contribution in [0.25, 0.3) is 0 Å². The maximum absolute atomic E-state index is 12.1. The number of carbonyl (C=O) groups excluding carboxylic acids is 2. The number of hydrogen-bond donors (Lipinski definition) is 1. The Balaban J connectivity index is 2.48. The molecule has 1 heterocycles. The molecule has 1 saturated heterocycles. The minimum Gasteiger partial charge on any atom is -0.347 e. The third-order valence-electron chi connectivity index (χ3n) is 3.21. The number of nitrogens with one attached hydrogen (secondary N) is 1. The first kappa shape index (κ1) is 14.0. The smallest absolute Gasteiger partial charge is 0.241 e. The van der Waals surface area contributed by atoms with Gasteiger partial charge in [0.25, 0.3) is 0 Å². The van der Waals surface area contributed by atoms with Crippen molar-refractivity contribution in [2.75, 3.05) is 34.2 Å². The second kappa shape index (κ2) is 6.00. The van der Waals surface area contributed by atoms with Crippen LogP contribution < -0.4 is 5.32 Å². The molecule has 5 heteroatoms. The van der Waals surface area contributed by atoms with Crippen LogP contribution in [0.5, 0.6) is 0 Å². The van der Waals surface area contributed by atoms with Gasteiger partial charge in [0.15, 0.2) is 0 Å². The van der Waals surface area contributed by atoms with Crippen molar-refractivity contribution in [1.29, 1.82) is 0 Å². The molecule has 2 amide bonds. The van der Waals surface area contributed by atoms with E-state index in [1.807, 2.05) is 0 Å². The van der Waals surface area contributed by atoms with Crippen molar-refractivity contribution >= 4 is 11.8 Å². The minimum absolute atomic E-state index is 0.0201. The van der Waals surface area contributed by atoms with Crippen molar-refractivity contribution in [3.63, 3.8) is 0 Å². The van der Waals surface area contributed by atoms with Crippen LogP contribution in [0, 0.1) is 5.92 Å².